The summed E-state index contributed by atoms with van der Waals surface area (Å²) in [5, 5.41) is 9.27. The SMILES string of the molecule is CC(C)(C)n1cnnc1-c1cc(Cl)cc(Cl)c1. The van der Waals surface area contributed by atoms with Gasteiger partial charge in [-0.2, -0.15) is 0 Å². The maximum atomic E-state index is 5.99. The van der Waals surface area contributed by atoms with Gasteiger partial charge in [0.15, 0.2) is 5.82 Å². The molecule has 2 rings (SSSR count). The highest BCUT2D eigenvalue weighted by atomic mass is 35.5. The average Bonchev–Trinajstić information content (AvgIpc) is 2.63. The third kappa shape index (κ3) is 2.61. The molecule has 1 aromatic heterocycles. The van der Waals surface area contributed by atoms with E-state index >= 15 is 0 Å². The Morgan fingerprint density at radius 1 is 1.06 bits per heavy atom. The van der Waals surface area contributed by atoms with Gasteiger partial charge in [0.1, 0.15) is 6.33 Å². The first-order valence-corrected chi connectivity index (χ1v) is 6.00. The molecule has 5 heteroatoms. The van der Waals surface area contributed by atoms with E-state index < -0.39 is 0 Å². The molecule has 0 atom stereocenters. The highest BCUT2D eigenvalue weighted by Gasteiger charge is 2.19. The van der Waals surface area contributed by atoms with Gasteiger partial charge in [-0.25, -0.2) is 0 Å². The first kappa shape index (κ1) is 12.4. The summed E-state index contributed by atoms with van der Waals surface area (Å²) in [6.07, 6.45) is 1.71. The zero-order valence-electron chi connectivity index (χ0n) is 9.91. The van der Waals surface area contributed by atoms with Crippen LogP contribution in [0.3, 0.4) is 0 Å². The second-order valence-corrected chi connectivity index (χ2v) is 5.73. The first-order chi connectivity index (χ1) is 7.88. The molecule has 0 fully saturated rings. The zero-order valence-corrected chi connectivity index (χ0v) is 11.4. The minimum atomic E-state index is -0.0897. The highest BCUT2D eigenvalue weighted by molar-refractivity contribution is 6.35. The van der Waals surface area contributed by atoms with Crippen molar-refractivity contribution >= 4 is 23.2 Å². The van der Waals surface area contributed by atoms with Crippen molar-refractivity contribution in [3.8, 4) is 11.4 Å². The lowest BCUT2D eigenvalue weighted by Crippen LogP contribution is -2.21. The molecule has 0 aliphatic carbocycles. The number of rotatable bonds is 1. The molecule has 0 unspecified atom stereocenters. The third-order valence-electron chi connectivity index (χ3n) is 2.39. The van der Waals surface area contributed by atoms with E-state index in [9.17, 15) is 0 Å². The molecule has 0 aliphatic heterocycles. The summed E-state index contributed by atoms with van der Waals surface area (Å²) in [5.74, 6) is 0.766. The Kier molecular flexibility index (Phi) is 3.15. The number of halogens is 2. The predicted octanol–water partition coefficient (Wildman–Crippen LogP) is 4.01. The molecule has 0 N–H and O–H groups in total. The lowest BCUT2D eigenvalue weighted by molar-refractivity contribution is 0.400. The van der Waals surface area contributed by atoms with E-state index in [4.69, 9.17) is 23.2 Å². The van der Waals surface area contributed by atoms with E-state index in [1.807, 2.05) is 16.7 Å². The van der Waals surface area contributed by atoms with Gasteiger partial charge >= 0.3 is 0 Å². The number of hydrogen-bond donors (Lipinski definition) is 0. The minimum absolute atomic E-state index is 0.0897. The Hall–Kier alpha value is -1.06. The zero-order chi connectivity index (χ0) is 12.6. The summed E-state index contributed by atoms with van der Waals surface area (Å²) in [6, 6.07) is 5.36. The maximum Gasteiger partial charge on any atom is 0.164 e. The van der Waals surface area contributed by atoms with Crippen molar-refractivity contribution in [2.45, 2.75) is 26.3 Å². The third-order valence-corrected chi connectivity index (χ3v) is 2.83. The molecule has 0 saturated heterocycles. The number of nitrogens with zero attached hydrogens (tertiary/aromatic N) is 3. The fraction of sp³-hybridized carbons (Fsp3) is 0.333. The van der Waals surface area contributed by atoms with E-state index in [1.165, 1.54) is 0 Å². The highest BCUT2D eigenvalue weighted by Crippen LogP contribution is 2.28. The van der Waals surface area contributed by atoms with E-state index in [0.29, 0.717) is 10.0 Å². The summed E-state index contributed by atoms with van der Waals surface area (Å²) in [6.45, 7) is 6.27. The van der Waals surface area contributed by atoms with Crippen molar-refractivity contribution in [2.75, 3.05) is 0 Å². The van der Waals surface area contributed by atoms with Crippen LogP contribution in [0.25, 0.3) is 11.4 Å². The largest absolute Gasteiger partial charge is 0.308 e. The summed E-state index contributed by atoms with van der Waals surface area (Å²) in [7, 11) is 0. The van der Waals surface area contributed by atoms with Crippen LogP contribution in [0.2, 0.25) is 10.0 Å². The van der Waals surface area contributed by atoms with Crippen LogP contribution in [0, 0.1) is 0 Å². The number of hydrogen-bond acceptors (Lipinski definition) is 2. The van der Waals surface area contributed by atoms with Gasteiger partial charge in [-0.05, 0) is 39.0 Å². The van der Waals surface area contributed by atoms with Gasteiger partial charge in [0.2, 0.25) is 0 Å². The second kappa shape index (κ2) is 4.31. The van der Waals surface area contributed by atoms with Gasteiger partial charge in [0.25, 0.3) is 0 Å². The molecule has 0 radical (unpaired) electrons. The fourth-order valence-electron chi connectivity index (χ4n) is 1.61. The molecular formula is C12H13Cl2N3. The van der Waals surface area contributed by atoms with Crippen LogP contribution < -0.4 is 0 Å². The Morgan fingerprint density at radius 2 is 1.65 bits per heavy atom. The molecule has 3 nitrogen and oxygen atoms in total. The van der Waals surface area contributed by atoms with Crippen LogP contribution in [0.1, 0.15) is 20.8 Å². The lowest BCUT2D eigenvalue weighted by atomic mass is 10.1. The smallest absolute Gasteiger partial charge is 0.164 e. The van der Waals surface area contributed by atoms with Gasteiger partial charge in [0.05, 0.1) is 0 Å². The monoisotopic (exact) mass is 269 g/mol. The van der Waals surface area contributed by atoms with Crippen LogP contribution in [0.5, 0.6) is 0 Å². The molecule has 1 aromatic carbocycles. The van der Waals surface area contributed by atoms with Crippen LogP contribution in [-0.4, -0.2) is 14.8 Å². The van der Waals surface area contributed by atoms with E-state index in [2.05, 4.69) is 31.0 Å². The van der Waals surface area contributed by atoms with Crippen LogP contribution in [-0.2, 0) is 5.54 Å². The van der Waals surface area contributed by atoms with Crippen molar-refractivity contribution in [1.29, 1.82) is 0 Å². The van der Waals surface area contributed by atoms with Gasteiger partial charge in [-0.3, -0.25) is 0 Å². The molecule has 0 bridgehead atoms. The van der Waals surface area contributed by atoms with Crippen molar-refractivity contribution in [1.82, 2.24) is 14.8 Å². The first-order valence-electron chi connectivity index (χ1n) is 5.25. The molecular weight excluding hydrogens is 257 g/mol. The van der Waals surface area contributed by atoms with Crippen molar-refractivity contribution < 1.29 is 0 Å². The summed E-state index contributed by atoms with van der Waals surface area (Å²) in [4.78, 5) is 0. The Morgan fingerprint density at radius 3 is 2.18 bits per heavy atom. The normalized spacial score (nSPS) is 11.8. The van der Waals surface area contributed by atoms with Crippen LogP contribution in [0.15, 0.2) is 24.5 Å². The van der Waals surface area contributed by atoms with Crippen molar-refractivity contribution in [3.63, 3.8) is 0 Å². The number of aromatic nitrogens is 3. The molecule has 90 valence electrons. The van der Waals surface area contributed by atoms with Crippen molar-refractivity contribution in [2.24, 2.45) is 0 Å². The molecule has 2 aromatic rings. The Bertz CT molecular complexity index is 521. The topological polar surface area (TPSA) is 30.7 Å². The molecule has 0 spiro atoms. The lowest BCUT2D eigenvalue weighted by Gasteiger charge is -2.22. The standard InChI is InChI=1S/C12H13Cl2N3/c1-12(2,3)17-7-15-16-11(17)8-4-9(13)6-10(14)5-8/h4-7H,1-3H3. The number of benzene rings is 1. The molecule has 0 aliphatic rings. The van der Waals surface area contributed by atoms with E-state index in [1.54, 1.807) is 12.4 Å². The fourth-order valence-corrected chi connectivity index (χ4v) is 2.13. The summed E-state index contributed by atoms with van der Waals surface area (Å²) >= 11 is 12.0. The molecule has 17 heavy (non-hydrogen) atoms. The van der Waals surface area contributed by atoms with Crippen LogP contribution >= 0.6 is 23.2 Å². The molecule has 0 saturated carbocycles. The van der Waals surface area contributed by atoms with E-state index in [0.717, 1.165) is 11.4 Å². The minimum Gasteiger partial charge on any atom is -0.308 e. The van der Waals surface area contributed by atoms with E-state index in [-0.39, 0.29) is 5.54 Å². The van der Waals surface area contributed by atoms with Crippen LogP contribution in [0.4, 0.5) is 0 Å². The predicted molar refractivity (Wildman–Crippen MR) is 70.5 cm³/mol. The van der Waals surface area contributed by atoms with Gasteiger partial charge in [-0.1, -0.05) is 23.2 Å². The summed E-state index contributed by atoms with van der Waals surface area (Å²) < 4.78 is 2.00. The Balaban J connectivity index is 2.57. The maximum absolute atomic E-state index is 5.99. The quantitative estimate of drug-likeness (QED) is 0.783. The Labute approximate surface area is 110 Å². The van der Waals surface area contributed by atoms with Gasteiger partial charge in [0, 0.05) is 21.1 Å². The van der Waals surface area contributed by atoms with Gasteiger partial charge < -0.3 is 4.57 Å². The average molecular weight is 270 g/mol. The van der Waals surface area contributed by atoms with Crippen molar-refractivity contribution in [3.05, 3.63) is 34.6 Å². The molecule has 1 heterocycles. The summed E-state index contributed by atoms with van der Waals surface area (Å²) in [5.41, 5.74) is 0.781. The second-order valence-electron chi connectivity index (χ2n) is 4.85. The van der Waals surface area contributed by atoms with Gasteiger partial charge in [-0.15, -0.1) is 10.2 Å². The molecule has 0 amide bonds.